The molecule has 8 heteroatoms. The Bertz CT molecular complexity index is 719. The molecule has 1 aliphatic rings. The van der Waals surface area contributed by atoms with Crippen molar-refractivity contribution in [1.29, 1.82) is 0 Å². The predicted molar refractivity (Wildman–Crippen MR) is 93.3 cm³/mol. The van der Waals surface area contributed by atoms with E-state index in [4.69, 9.17) is 0 Å². The van der Waals surface area contributed by atoms with Crippen molar-refractivity contribution in [2.75, 3.05) is 31.6 Å². The predicted octanol–water partition coefficient (Wildman–Crippen LogP) is 0.796. The van der Waals surface area contributed by atoms with Gasteiger partial charge in [0.2, 0.25) is 5.95 Å². The number of nitrogens with zero attached hydrogens (tertiary/aromatic N) is 6. The van der Waals surface area contributed by atoms with E-state index in [0.29, 0.717) is 31.2 Å². The van der Waals surface area contributed by atoms with Gasteiger partial charge in [0.05, 0.1) is 13.1 Å². The fraction of sp³-hybridized carbons (Fsp3) is 0.529. The first-order chi connectivity index (χ1) is 12.0. The molecule has 0 bridgehead atoms. The maximum Gasteiger partial charge on any atom is 0.274 e. The van der Waals surface area contributed by atoms with E-state index in [1.807, 2.05) is 11.1 Å². The quantitative estimate of drug-likeness (QED) is 0.834. The molecule has 1 amide bonds. The van der Waals surface area contributed by atoms with Gasteiger partial charge in [-0.25, -0.2) is 9.97 Å². The zero-order chi connectivity index (χ0) is 17.9. The zero-order valence-electron chi connectivity index (χ0n) is 14.7. The van der Waals surface area contributed by atoms with Crippen molar-refractivity contribution in [2.45, 2.75) is 31.9 Å². The normalized spacial score (nSPS) is 20.0. The summed E-state index contributed by atoms with van der Waals surface area (Å²) in [6.07, 6.45) is 6.70. The number of amides is 1. The van der Waals surface area contributed by atoms with Crippen molar-refractivity contribution >= 4 is 11.9 Å². The van der Waals surface area contributed by atoms with Crippen molar-refractivity contribution < 1.29 is 9.90 Å². The number of aryl methyl sites for hydroxylation is 1. The van der Waals surface area contributed by atoms with Gasteiger partial charge in [-0.3, -0.25) is 9.48 Å². The summed E-state index contributed by atoms with van der Waals surface area (Å²) in [6.45, 7) is 4.16. The summed E-state index contributed by atoms with van der Waals surface area (Å²) in [5.41, 5.74) is -0.573. The molecule has 25 heavy (non-hydrogen) atoms. The molecular formula is C17H24N6O2. The lowest BCUT2D eigenvalue weighted by atomic mass is 10.0. The standard InChI is InChI=1S/C17H24N6O2/c1-3-9-23-10-5-14(20-23)15(24)21(2)12-17(25)6-11-22(13-17)16-18-7-4-8-19-16/h4-5,7-8,10,25H,3,6,9,11-13H2,1-2H3/t17-/m1/s1. The molecule has 134 valence electrons. The molecule has 0 radical (unpaired) electrons. The first-order valence-electron chi connectivity index (χ1n) is 8.54. The van der Waals surface area contributed by atoms with Crippen molar-refractivity contribution in [3.05, 3.63) is 36.4 Å². The number of hydrogen-bond donors (Lipinski definition) is 1. The van der Waals surface area contributed by atoms with Crippen LogP contribution in [0.15, 0.2) is 30.7 Å². The molecule has 0 unspecified atom stereocenters. The lowest BCUT2D eigenvalue weighted by Gasteiger charge is -2.28. The Kier molecular flexibility index (Phi) is 4.98. The molecule has 3 rings (SSSR count). The first kappa shape index (κ1) is 17.3. The van der Waals surface area contributed by atoms with Crippen LogP contribution in [0.2, 0.25) is 0 Å². The molecule has 1 atom stereocenters. The fourth-order valence-corrected chi connectivity index (χ4v) is 3.15. The minimum atomic E-state index is -0.977. The number of aliphatic hydroxyl groups is 1. The van der Waals surface area contributed by atoms with Crippen molar-refractivity contribution in [3.8, 4) is 0 Å². The topological polar surface area (TPSA) is 87.4 Å². The first-order valence-corrected chi connectivity index (χ1v) is 8.54. The van der Waals surface area contributed by atoms with E-state index < -0.39 is 5.60 Å². The Hall–Kier alpha value is -2.48. The average molecular weight is 344 g/mol. The van der Waals surface area contributed by atoms with E-state index in [1.165, 1.54) is 4.90 Å². The molecule has 2 aromatic heterocycles. The van der Waals surface area contributed by atoms with Crippen LogP contribution >= 0.6 is 0 Å². The maximum atomic E-state index is 12.5. The molecule has 2 aromatic rings. The molecule has 0 spiro atoms. The number of carbonyl (C=O) groups excluding carboxylic acids is 1. The fourth-order valence-electron chi connectivity index (χ4n) is 3.15. The van der Waals surface area contributed by atoms with E-state index in [9.17, 15) is 9.90 Å². The van der Waals surface area contributed by atoms with Crippen LogP contribution in [0.4, 0.5) is 5.95 Å². The molecule has 1 aliphatic heterocycles. The summed E-state index contributed by atoms with van der Waals surface area (Å²) in [7, 11) is 1.70. The van der Waals surface area contributed by atoms with Crippen LogP contribution in [0, 0.1) is 0 Å². The van der Waals surface area contributed by atoms with Gasteiger partial charge in [0.25, 0.3) is 5.91 Å². The van der Waals surface area contributed by atoms with Crippen LogP contribution in [-0.2, 0) is 6.54 Å². The van der Waals surface area contributed by atoms with Gasteiger partial charge in [-0.05, 0) is 25.0 Å². The average Bonchev–Trinajstić information content (AvgIpc) is 3.22. The number of anilines is 1. The van der Waals surface area contributed by atoms with Crippen molar-refractivity contribution in [1.82, 2.24) is 24.6 Å². The van der Waals surface area contributed by atoms with Gasteiger partial charge in [0.1, 0.15) is 11.3 Å². The Morgan fingerprint density at radius 2 is 2.16 bits per heavy atom. The monoisotopic (exact) mass is 344 g/mol. The Morgan fingerprint density at radius 3 is 2.88 bits per heavy atom. The number of likely N-dealkylation sites (N-methyl/N-ethyl adjacent to an activating group) is 1. The zero-order valence-corrected chi connectivity index (χ0v) is 14.7. The highest BCUT2D eigenvalue weighted by Gasteiger charge is 2.39. The molecule has 0 saturated carbocycles. The van der Waals surface area contributed by atoms with Gasteiger partial charge in [-0.1, -0.05) is 6.92 Å². The van der Waals surface area contributed by atoms with Crippen LogP contribution in [0.3, 0.4) is 0 Å². The minimum Gasteiger partial charge on any atom is -0.386 e. The van der Waals surface area contributed by atoms with E-state index in [0.717, 1.165) is 13.0 Å². The second kappa shape index (κ2) is 7.18. The second-order valence-corrected chi connectivity index (χ2v) is 6.57. The van der Waals surface area contributed by atoms with E-state index >= 15 is 0 Å². The molecule has 1 fully saturated rings. The highest BCUT2D eigenvalue weighted by Crippen LogP contribution is 2.25. The number of carbonyl (C=O) groups is 1. The van der Waals surface area contributed by atoms with E-state index in [1.54, 1.807) is 36.3 Å². The van der Waals surface area contributed by atoms with Crippen LogP contribution in [0.25, 0.3) is 0 Å². The minimum absolute atomic E-state index is 0.183. The lowest BCUT2D eigenvalue weighted by molar-refractivity contribution is 0.0261. The smallest absolute Gasteiger partial charge is 0.274 e. The van der Waals surface area contributed by atoms with Crippen LogP contribution < -0.4 is 4.90 Å². The lowest BCUT2D eigenvalue weighted by Crippen LogP contribution is -2.46. The van der Waals surface area contributed by atoms with E-state index in [-0.39, 0.29) is 12.5 Å². The van der Waals surface area contributed by atoms with Gasteiger partial charge < -0.3 is 14.9 Å². The summed E-state index contributed by atoms with van der Waals surface area (Å²) in [4.78, 5) is 24.5. The summed E-state index contributed by atoms with van der Waals surface area (Å²) in [5, 5.41) is 15.2. The molecule has 1 N–H and O–H groups in total. The number of β-amino-alcohol motifs (C(OH)–C–C–N with tert-alkyl or cyclic N) is 1. The van der Waals surface area contributed by atoms with Crippen molar-refractivity contribution in [2.24, 2.45) is 0 Å². The molecule has 0 aromatic carbocycles. The van der Waals surface area contributed by atoms with Crippen LogP contribution in [0.5, 0.6) is 0 Å². The molecular weight excluding hydrogens is 320 g/mol. The summed E-state index contributed by atoms with van der Waals surface area (Å²) >= 11 is 0. The number of hydrogen-bond acceptors (Lipinski definition) is 6. The highest BCUT2D eigenvalue weighted by molar-refractivity contribution is 5.92. The van der Waals surface area contributed by atoms with Gasteiger partial charge >= 0.3 is 0 Å². The van der Waals surface area contributed by atoms with E-state index in [2.05, 4.69) is 22.0 Å². The molecule has 3 heterocycles. The molecule has 0 aliphatic carbocycles. The maximum absolute atomic E-state index is 12.5. The Balaban J connectivity index is 1.61. The molecule has 8 nitrogen and oxygen atoms in total. The highest BCUT2D eigenvalue weighted by atomic mass is 16.3. The van der Waals surface area contributed by atoms with Gasteiger partial charge in [0, 0.05) is 38.7 Å². The van der Waals surface area contributed by atoms with Crippen LogP contribution in [0.1, 0.15) is 30.3 Å². The summed E-state index contributed by atoms with van der Waals surface area (Å²) < 4.78 is 1.76. The summed E-state index contributed by atoms with van der Waals surface area (Å²) in [6, 6.07) is 3.48. The third-order valence-electron chi connectivity index (χ3n) is 4.36. The second-order valence-electron chi connectivity index (χ2n) is 6.57. The number of aromatic nitrogens is 4. The third-order valence-corrected chi connectivity index (χ3v) is 4.36. The number of rotatable bonds is 6. The Labute approximate surface area is 147 Å². The Morgan fingerprint density at radius 1 is 1.40 bits per heavy atom. The van der Waals surface area contributed by atoms with Gasteiger partial charge in [0.15, 0.2) is 0 Å². The third kappa shape index (κ3) is 3.96. The molecule has 1 saturated heterocycles. The van der Waals surface area contributed by atoms with Crippen molar-refractivity contribution in [3.63, 3.8) is 0 Å². The summed E-state index contributed by atoms with van der Waals surface area (Å²) in [5.74, 6) is 0.420. The van der Waals surface area contributed by atoms with Gasteiger partial charge in [-0.2, -0.15) is 5.10 Å². The van der Waals surface area contributed by atoms with Crippen LogP contribution in [-0.4, -0.2) is 67.9 Å². The van der Waals surface area contributed by atoms with Gasteiger partial charge in [-0.15, -0.1) is 0 Å². The largest absolute Gasteiger partial charge is 0.386 e. The SMILES string of the molecule is CCCn1ccc(C(=O)N(C)C[C@]2(O)CCN(c3ncccn3)C2)n1.